The van der Waals surface area contributed by atoms with E-state index in [0.717, 1.165) is 24.8 Å². The molecule has 1 aliphatic rings. The molecule has 0 aromatic heterocycles. The predicted molar refractivity (Wildman–Crippen MR) is 78.6 cm³/mol. The smallest absolute Gasteiger partial charge is 0.251 e. The molecule has 0 spiro atoms. The van der Waals surface area contributed by atoms with Gasteiger partial charge < -0.3 is 16.4 Å². The van der Waals surface area contributed by atoms with Crippen LogP contribution >= 0.6 is 0 Å². The van der Waals surface area contributed by atoms with Crippen molar-refractivity contribution in [2.45, 2.75) is 38.6 Å². The van der Waals surface area contributed by atoms with E-state index in [0.29, 0.717) is 17.8 Å². The Morgan fingerprint density at radius 1 is 1.35 bits per heavy atom. The Morgan fingerprint density at radius 3 is 2.55 bits per heavy atom. The first-order chi connectivity index (χ1) is 9.46. The second-order valence-corrected chi connectivity index (χ2v) is 5.35. The highest BCUT2D eigenvalue weighted by Crippen LogP contribution is 2.30. The van der Waals surface area contributed by atoms with Crippen LogP contribution in [0.2, 0.25) is 0 Å². The molecule has 0 unspecified atom stereocenters. The zero-order valence-electron chi connectivity index (χ0n) is 12.0. The first-order valence-electron chi connectivity index (χ1n) is 6.95. The molecule has 5 nitrogen and oxygen atoms in total. The van der Waals surface area contributed by atoms with Crippen molar-refractivity contribution in [1.29, 1.82) is 0 Å². The van der Waals surface area contributed by atoms with Crippen molar-refractivity contribution in [2.24, 2.45) is 5.73 Å². The highest BCUT2D eigenvalue weighted by atomic mass is 16.2. The molecule has 1 aliphatic carbocycles. The maximum absolute atomic E-state index is 12.1. The molecule has 2 rings (SSSR count). The van der Waals surface area contributed by atoms with Crippen molar-refractivity contribution in [3.63, 3.8) is 0 Å². The van der Waals surface area contributed by atoms with E-state index in [1.54, 1.807) is 18.2 Å². The normalized spacial score (nSPS) is 16.1. The number of hydrogen-bond donors (Lipinski definition) is 3. The summed E-state index contributed by atoms with van der Waals surface area (Å²) in [5.74, 6) is -0.250. The van der Waals surface area contributed by atoms with E-state index in [2.05, 4.69) is 10.6 Å². The molecule has 0 atom stereocenters. The lowest BCUT2D eigenvalue weighted by atomic mass is 9.77. The molecule has 1 aromatic carbocycles. The lowest BCUT2D eigenvalue weighted by molar-refractivity contribution is -0.123. The van der Waals surface area contributed by atoms with Crippen molar-refractivity contribution in [3.8, 4) is 0 Å². The molecule has 20 heavy (non-hydrogen) atoms. The van der Waals surface area contributed by atoms with Crippen molar-refractivity contribution in [1.82, 2.24) is 5.32 Å². The van der Waals surface area contributed by atoms with Crippen LogP contribution in [0.4, 0.5) is 5.69 Å². The van der Waals surface area contributed by atoms with E-state index in [-0.39, 0.29) is 11.8 Å². The van der Waals surface area contributed by atoms with Gasteiger partial charge in [0.05, 0.1) is 5.54 Å². The Kier molecular flexibility index (Phi) is 4.09. The molecule has 0 heterocycles. The quantitative estimate of drug-likeness (QED) is 0.779. The molecule has 2 amide bonds. The number of amides is 2. The molecule has 108 valence electrons. The average Bonchev–Trinajstić information content (AvgIpc) is 2.38. The first-order valence-corrected chi connectivity index (χ1v) is 6.95. The summed E-state index contributed by atoms with van der Waals surface area (Å²) in [6.45, 7) is 4.33. The standard InChI is InChI=1S/C15H21N3O2/c1-3-17-13(19)11-5-6-12(10(2)9-11)18-14(20)15(16)7-4-8-15/h5-6,9H,3-4,7-8,16H2,1-2H3,(H,17,19)(H,18,20). The van der Waals surface area contributed by atoms with Gasteiger partial charge in [0.1, 0.15) is 0 Å². The van der Waals surface area contributed by atoms with Crippen LogP contribution in [-0.4, -0.2) is 23.9 Å². The molecule has 1 aromatic rings. The molecule has 0 bridgehead atoms. The van der Waals surface area contributed by atoms with Gasteiger partial charge in [0, 0.05) is 17.8 Å². The molecule has 4 N–H and O–H groups in total. The second kappa shape index (κ2) is 5.63. The van der Waals surface area contributed by atoms with E-state index < -0.39 is 5.54 Å². The van der Waals surface area contributed by atoms with Crippen molar-refractivity contribution < 1.29 is 9.59 Å². The van der Waals surface area contributed by atoms with Gasteiger partial charge >= 0.3 is 0 Å². The maximum atomic E-state index is 12.1. The predicted octanol–water partition coefficient (Wildman–Crippen LogP) is 1.56. The SMILES string of the molecule is CCNC(=O)c1ccc(NC(=O)C2(N)CCC2)c(C)c1. The number of anilines is 1. The summed E-state index contributed by atoms with van der Waals surface area (Å²) < 4.78 is 0. The number of carbonyl (C=O) groups is 2. The third kappa shape index (κ3) is 2.82. The summed E-state index contributed by atoms with van der Waals surface area (Å²) >= 11 is 0. The number of hydrogen-bond acceptors (Lipinski definition) is 3. The molecule has 5 heteroatoms. The fraction of sp³-hybridized carbons (Fsp3) is 0.467. The Bertz CT molecular complexity index is 536. The zero-order valence-corrected chi connectivity index (χ0v) is 12.0. The Hall–Kier alpha value is -1.88. The highest BCUT2D eigenvalue weighted by Gasteiger charge is 2.40. The van der Waals surface area contributed by atoms with Gasteiger partial charge in [-0.2, -0.15) is 0 Å². The summed E-state index contributed by atoms with van der Waals surface area (Å²) in [5, 5.41) is 5.60. The molecular weight excluding hydrogens is 254 g/mol. The Balaban J connectivity index is 2.10. The minimum Gasteiger partial charge on any atom is -0.352 e. The van der Waals surface area contributed by atoms with Gasteiger partial charge in [0.25, 0.3) is 5.91 Å². The lowest BCUT2D eigenvalue weighted by Crippen LogP contribution is -2.56. The molecular formula is C15H21N3O2. The van der Waals surface area contributed by atoms with Gasteiger partial charge in [-0.1, -0.05) is 0 Å². The minimum absolute atomic E-state index is 0.109. The van der Waals surface area contributed by atoms with Crippen LogP contribution < -0.4 is 16.4 Å². The summed E-state index contributed by atoms with van der Waals surface area (Å²) in [6.07, 6.45) is 2.46. The second-order valence-electron chi connectivity index (χ2n) is 5.35. The molecule has 1 saturated carbocycles. The molecule has 0 saturated heterocycles. The van der Waals surface area contributed by atoms with Crippen molar-refractivity contribution in [2.75, 3.05) is 11.9 Å². The number of nitrogens with two attached hydrogens (primary N) is 1. The summed E-state index contributed by atoms with van der Waals surface area (Å²) in [7, 11) is 0. The monoisotopic (exact) mass is 275 g/mol. The van der Waals surface area contributed by atoms with Gasteiger partial charge in [-0.25, -0.2) is 0 Å². The zero-order chi connectivity index (χ0) is 14.8. The molecule has 1 fully saturated rings. The van der Waals surface area contributed by atoms with Gasteiger partial charge in [-0.05, 0) is 56.9 Å². The third-order valence-electron chi connectivity index (χ3n) is 3.77. The highest BCUT2D eigenvalue weighted by molar-refractivity contribution is 6.00. The van der Waals surface area contributed by atoms with Crippen molar-refractivity contribution >= 4 is 17.5 Å². The average molecular weight is 275 g/mol. The Morgan fingerprint density at radius 2 is 2.05 bits per heavy atom. The van der Waals surface area contributed by atoms with Crippen LogP contribution in [0.1, 0.15) is 42.1 Å². The topological polar surface area (TPSA) is 84.2 Å². The van der Waals surface area contributed by atoms with Crippen LogP contribution in [0.3, 0.4) is 0 Å². The van der Waals surface area contributed by atoms with Crippen LogP contribution in [-0.2, 0) is 4.79 Å². The minimum atomic E-state index is -0.718. The van der Waals surface area contributed by atoms with Gasteiger partial charge in [0.2, 0.25) is 5.91 Å². The number of rotatable bonds is 4. The van der Waals surface area contributed by atoms with Crippen molar-refractivity contribution in [3.05, 3.63) is 29.3 Å². The molecule has 0 aliphatic heterocycles. The molecule has 0 radical (unpaired) electrons. The number of aryl methyl sites for hydroxylation is 1. The van der Waals surface area contributed by atoms with Gasteiger partial charge in [-0.15, -0.1) is 0 Å². The largest absolute Gasteiger partial charge is 0.352 e. The number of nitrogens with one attached hydrogen (secondary N) is 2. The van der Waals surface area contributed by atoms with E-state index in [4.69, 9.17) is 5.73 Å². The van der Waals surface area contributed by atoms with Crippen LogP contribution in [0.5, 0.6) is 0 Å². The van der Waals surface area contributed by atoms with Crippen LogP contribution in [0, 0.1) is 6.92 Å². The maximum Gasteiger partial charge on any atom is 0.251 e. The summed E-state index contributed by atoms with van der Waals surface area (Å²) in [5.41, 5.74) is 7.42. The fourth-order valence-corrected chi connectivity index (χ4v) is 2.24. The fourth-order valence-electron chi connectivity index (χ4n) is 2.24. The van der Waals surface area contributed by atoms with Crippen LogP contribution in [0.25, 0.3) is 0 Å². The van der Waals surface area contributed by atoms with E-state index in [9.17, 15) is 9.59 Å². The van der Waals surface area contributed by atoms with Crippen LogP contribution in [0.15, 0.2) is 18.2 Å². The lowest BCUT2D eigenvalue weighted by Gasteiger charge is -2.36. The number of benzene rings is 1. The number of carbonyl (C=O) groups excluding carboxylic acids is 2. The van der Waals surface area contributed by atoms with E-state index >= 15 is 0 Å². The Labute approximate surface area is 118 Å². The third-order valence-corrected chi connectivity index (χ3v) is 3.77. The van der Waals surface area contributed by atoms with E-state index in [1.165, 1.54) is 0 Å². The summed E-state index contributed by atoms with van der Waals surface area (Å²) in [6, 6.07) is 5.22. The van der Waals surface area contributed by atoms with Gasteiger partial charge in [-0.3, -0.25) is 9.59 Å². The summed E-state index contributed by atoms with van der Waals surface area (Å²) in [4.78, 5) is 23.8. The van der Waals surface area contributed by atoms with Gasteiger partial charge in [0.15, 0.2) is 0 Å². The van der Waals surface area contributed by atoms with E-state index in [1.807, 2.05) is 13.8 Å². The first kappa shape index (κ1) is 14.5.